The van der Waals surface area contributed by atoms with Crippen molar-refractivity contribution < 1.29 is 23.5 Å². The summed E-state index contributed by atoms with van der Waals surface area (Å²) in [6.45, 7) is 18.6. The molecule has 0 amide bonds. The highest BCUT2D eigenvalue weighted by Crippen LogP contribution is 2.39. The summed E-state index contributed by atoms with van der Waals surface area (Å²) in [7, 11) is 0. The minimum Gasteiger partial charge on any atom is -0.493 e. The molecule has 308 valence electrons. The molecule has 5 aromatic carbocycles. The lowest BCUT2D eigenvalue weighted by atomic mass is 9.90. The molecular formula is C53H63N2O4+. The molecule has 0 atom stereocenters. The summed E-state index contributed by atoms with van der Waals surface area (Å²) >= 11 is 0. The maximum Gasteiger partial charge on any atom is 0.249 e. The predicted octanol–water partition coefficient (Wildman–Crippen LogP) is 11.6. The molecule has 1 aliphatic carbocycles. The van der Waals surface area contributed by atoms with Crippen molar-refractivity contribution in [2.45, 2.75) is 106 Å². The standard InChI is InChI=1S/C53H63N2O4/c1-8-23-56-50-41-15-12-16-42(50)32-44-18-14-20-46(52(44)58-25-10-3)34-48-30-40(35-54-21-22-55(36-54)49-38(6)27-37(5)28-39(49)7)29-47(53(48)59-26-11-4)33-45-19-13-17-43(31-41)51(45)57-24-9-2/h12-22,27-30,36H,8-11,23-26,31-35H2,1-7H3/q+1. The molecule has 6 heteroatoms. The first-order chi connectivity index (χ1) is 28.8. The van der Waals surface area contributed by atoms with Crippen molar-refractivity contribution in [3.8, 4) is 28.7 Å². The lowest BCUT2D eigenvalue weighted by Gasteiger charge is -2.23. The summed E-state index contributed by atoms with van der Waals surface area (Å²) in [5, 5.41) is 0. The summed E-state index contributed by atoms with van der Waals surface area (Å²) in [6, 6.07) is 29.2. The van der Waals surface area contributed by atoms with Crippen molar-refractivity contribution in [3.63, 3.8) is 0 Å². The van der Waals surface area contributed by atoms with Gasteiger partial charge in [0.1, 0.15) is 47.6 Å². The van der Waals surface area contributed by atoms with E-state index in [4.69, 9.17) is 18.9 Å². The van der Waals surface area contributed by atoms with E-state index < -0.39 is 0 Å². The molecule has 0 fully saturated rings. The minimum absolute atomic E-state index is 0.639. The van der Waals surface area contributed by atoms with Crippen LogP contribution >= 0.6 is 0 Å². The van der Waals surface area contributed by atoms with Crippen LogP contribution < -0.4 is 23.5 Å². The Bertz CT molecular complexity index is 2250. The molecule has 59 heavy (non-hydrogen) atoms. The number of benzene rings is 5. The molecule has 0 radical (unpaired) electrons. The number of imidazole rings is 1. The molecule has 1 aromatic heterocycles. The molecule has 6 nitrogen and oxygen atoms in total. The zero-order valence-electron chi connectivity index (χ0n) is 36.5. The molecule has 0 N–H and O–H groups in total. The summed E-state index contributed by atoms with van der Waals surface area (Å²) in [5.41, 5.74) is 15.6. The first-order valence-electron chi connectivity index (χ1n) is 21.9. The van der Waals surface area contributed by atoms with Gasteiger partial charge in [-0.1, -0.05) is 100.0 Å². The van der Waals surface area contributed by atoms with Gasteiger partial charge in [0.2, 0.25) is 6.33 Å². The first-order valence-corrected chi connectivity index (χ1v) is 21.9. The molecule has 1 heterocycles. The van der Waals surface area contributed by atoms with Crippen LogP contribution in [-0.4, -0.2) is 31.0 Å². The van der Waals surface area contributed by atoms with Gasteiger partial charge in [0, 0.05) is 25.7 Å². The molecular weight excluding hydrogens is 729 g/mol. The van der Waals surface area contributed by atoms with Gasteiger partial charge in [0.15, 0.2) is 0 Å². The van der Waals surface area contributed by atoms with E-state index in [9.17, 15) is 0 Å². The molecule has 0 spiro atoms. The van der Waals surface area contributed by atoms with Crippen molar-refractivity contribution in [1.82, 2.24) is 4.57 Å². The monoisotopic (exact) mass is 791 g/mol. The Morgan fingerprint density at radius 3 is 1.22 bits per heavy atom. The minimum atomic E-state index is 0.639. The van der Waals surface area contributed by atoms with Crippen LogP contribution in [0, 0.1) is 20.8 Å². The fourth-order valence-electron chi connectivity index (χ4n) is 8.72. The summed E-state index contributed by atoms with van der Waals surface area (Å²) in [5.74, 6) is 3.88. The fraction of sp³-hybridized carbons (Fsp3) is 0.377. The third-order valence-corrected chi connectivity index (χ3v) is 11.1. The number of rotatable bonds is 15. The lowest BCUT2D eigenvalue weighted by molar-refractivity contribution is -0.687. The second kappa shape index (κ2) is 19.5. The van der Waals surface area contributed by atoms with E-state index in [-0.39, 0.29) is 0 Å². The number of aromatic nitrogens is 2. The van der Waals surface area contributed by atoms with Crippen LogP contribution in [0.4, 0.5) is 0 Å². The second-order valence-electron chi connectivity index (χ2n) is 16.3. The maximum atomic E-state index is 6.83. The van der Waals surface area contributed by atoms with Crippen molar-refractivity contribution in [2.75, 3.05) is 26.4 Å². The van der Waals surface area contributed by atoms with Crippen LogP contribution in [0.3, 0.4) is 0 Å². The number of ether oxygens (including phenoxy) is 4. The Balaban J connectivity index is 1.42. The van der Waals surface area contributed by atoms with Crippen LogP contribution in [0.25, 0.3) is 5.69 Å². The van der Waals surface area contributed by atoms with E-state index in [2.05, 4.69) is 155 Å². The Morgan fingerprint density at radius 1 is 0.492 bits per heavy atom. The number of hydrogen-bond donors (Lipinski definition) is 0. The van der Waals surface area contributed by atoms with Crippen molar-refractivity contribution in [1.29, 1.82) is 0 Å². The number of para-hydroxylation sites is 3. The molecule has 0 saturated heterocycles. The lowest BCUT2D eigenvalue weighted by Crippen LogP contribution is -2.31. The fourth-order valence-corrected chi connectivity index (χ4v) is 8.72. The SMILES string of the molecule is CCCOc1c2cccc1Cc1cccc(c1OCCC)Cc1cc(C[n+]3ccn(-c4c(C)cc(C)cc4C)c3)cc(c1OCCC)Cc1cccc(c1OCCC)C2. The largest absolute Gasteiger partial charge is 0.493 e. The molecule has 0 saturated carbocycles. The van der Waals surface area contributed by atoms with E-state index in [1.54, 1.807) is 0 Å². The summed E-state index contributed by atoms with van der Waals surface area (Å²) < 4.78 is 31.5. The second-order valence-corrected chi connectivity index (χ2v) is 16.3. The van der Waals surface area contributed by atoms with Gasteiger partial charge in [-0.25, -0.2) is 9.13 Å². The van der Waals surface area contributed by atoms with Crippen molar-refractivity contribution in [2.24, 2.45) is 0 Å². The quantitative estimate of drug-likeness (QED) is 0.0970. The summed E-state index contributed by atoms with van der Waals surface area (Å²) in [4.78, 5) is 0. The highest BCUT2D eigenvalue weighted by Gasteiger charge is 2.23. The average molecular weight is 792 g/mol. The normalized spacial score (nSPS) is 12.3. The van der Waals surface area contributed by atoms with E-state index in [1.165, 1.54) is 61.3 Å². The maximum absolute atomic E-state index is 6.83. The zero-order valence-corrected chi connectivity index (χ0v) is 36.5. The Kier molecular flexibility index (Phi) is 13.8. The highest BCUT2D eigenvalue weighted by atomic mass is 16.5. The smallest absolute Gasteiger partial charge is 0.249 e. The molecule has 6 aromatic rings. The van der Waals surface area contributed by atoms with Crippen LogP contribution in [0.15, 0.2) is 97.6 Å². The average Bonchev–Trinajstić information content (AvgIpc) is 3.66. The van der Waals surface area contributed by atoms with Crippen molar-refractivity contribution in [3.05, 3.63) is 164 Å². The number of hydrogen-bond acceptors (Lipinski definition) is 4. The molecule has 7 rings (SSSR count). The van der Waals surface area contributed by atoms with Gasteiger partial charge in [0.05, 0.1) is 26.4 Å². The Hall–Kier alpha value is -5.49. The Morgan fingerprint density at radius 2 is 0.847 bits per heavy atom. The number of aryl methyl sites for hydroxylation is 3. The predicted molar refractivity (Wildman–Crippen MR) is 239 cm³/mol. The third kappa shape index (κ3) is 9.70. The van der Waals surface area contributed by atoms with Crippen LogP contribution in [0.1, 0.15) is 120 Å². The third-order valence-electron chi connectivity index (χ3n) is 11.1. The zero-order chi connectivity index (χ0) is 41.3. The highest BCUT2D eigenvalue weighted by molar-refractivity contribution is 5.57. The van der Waals surface area contributed by atoms with Gasteiger partial charge in [-0.15, -0.1) is 0 Å². The molecule has 1 aliphatic rings. The van der Waals surface area contributed by atoms with E-state index >= 15 is 0 Å². The molecule has 0 aliphatic heterocycles. The van der Waals surface area contributed by atoms with E-state index in [1.807, 2.05) is 0 Å². The van der Waals surface area contributed by atoms with Gasteiger partial charge in [-0.05, 0) is 120 Å². The van der Waals surface area contributed by atoms with Crippen molar-refractivity contribution >= 4 is 0 Å². The van der Waals surface area contributed by atoms with Crippen LogP contribution in [0.5, 0.6) is 23.0 Å². The molecule has 0 unspecified atom stereocenters. The first kappa shape index (κ1) is 41.7. The van der Waals surface area contributed by atoms with Gasteiger partial charge in [-0.3, -0.25) is 0 Å². The van der Waals surface area contributed by atoms with E-state index in [0.717, 1.165) is 66.4 Å². The van der Waals surface area contributed by atoms with E-state index in [0.29, 0.717) is 52.1 Å². The van der Waals surface area contributed by atoms with Gasteiger partial charge >= 0.3 is 0 Å². The van der Waals surface area contributed by atoms with Crippen LogP contribution in [0.2, 0.25) is 0 Å². The number of nitrogens with zero attached hydrogens (tertiary/aromatic N) is 2. The Labute approximate surface area is 352 Å². The molecule has 8 bridgehead atoms. The van der Waals surface area contributed by atoms with Crippen LogP contribution in [-0.2, 0) is 32.2 Å². The topological polar surface area (TPSA) is 45.7 Å². The summed E-state index contributed by atoms with van der Waals surface area (Å²) in [6.07, 6.45) is 13.1. The van der Waals surface area contributed by atoms with Gasteiger partial charge < -0.3 is 18.9 Å². The van der Waals surface area contributed by atoms with Gasteiger partial charge in [-0.2, -0.15) is 0 Å². The number of fused-ring (bicyclic) bond motifs is 8. The van der Waals surface area contributed by atoms with Gasteiger partial charge in [0.25, 0.3) is 0 Å².